The molecule has 1 aromatic heterocycles. The first kappa shape index (κ1) is 19.9. The van der Waals surface area contributed by atoms with Crippen molar-refractivity contribution in [1.29, 1.82) is 0 Å². The zero-order valence-electron chi connectivity index (χ0n) is 16.0. The largest absolute Gasteiger partial charge is 0.508 e. The molecule has 0 bridgehead atoms. The third-order valence-corrected chi connectivity index (χ3v) is 5.25. The van der Waals surface area contributed by atoms with Crippen LogP contribution in [-0.2, 0) is 11.3 Å². The summed E-state index contributed by atoms with van der Waals surface area (Å²) >= 11 is 6.43. The molecule has 0 aliphatic rings. The lowest BCUT2D eigenvalue weighted by Gasteiger charge is -2.24. The number of carbonyl (C=O) groups excluding carboxylic acids is 1. The van der Waals surface area contributed by atoms with E-state index in [0.717, 1.165) is 22.3 Å². The number of phenolic OH excluding ortho intramolecular Hbond substituents is 1. The highest BCUT2D eigenvalue weighted by Crippen LogP contribution is 2.34. The smallest absolute Gasteiger partial charge is 0.223 e. The SMILES string of the molecule is Cc1cnccc1CN(C)C(=O)CC(c1cccc(O)c1)c1ccccc1Cl. The van der Waals surface area contributed by atoms with E-state index in [1.165, 1.54) is 0 Å². The number of aromatic nitrogens is 1. The predicted molar refractivity (Wildman–Crippen MR) is 111 cm³/mol. The summed E-state index contributed by atoms with van der Waals surface area (Å²) in [6.45, 7) is 2.50. The molecule has 0 spiro atoms. The second kappa shape index (κ2) is 8.89. The Kier molecular flexibility index (Phi) is 6.32. The normalized spacial score (nSPS) is 11.8. The lowest BCUT2D eigenvalue weighted by molar-refractivity contribution is -0.130. The van der Waals surface area contributed by atoms with Crippen LogP contribution in [0.5, 0.6) is 5.75 Å². The maximum atomic E-state index is 13.0. The molecule has 144 valence electrons. The maximum absolute atomic E-state index is 13.0. The average Bonchev–Trinajstić information content (AvgIpc) is 2.68. The van der Waals surface area contributed by atoms with E-state index in [1.807, 2.05) is 43.3 Å². The first-order valence-electron chi connectivity index (χ1n) is 9.12. The van der Waals surface area contributed by atoms with Crippen molar-refractivity contribution in [2.75, 3.05) is 7.05 Å². The lowest BCUT2D eigenvalue weighted by atomic mass is 9.88. The van der Waals surface area contributed by atoms with E-state index < -0.39 is 0 Å². The van der Waals surface area contributed by atoms with Crippen LogP contribution in [0.25, 0.3) is 0 Å². The fourth-order valence-electron chi connectivity index (χ4n) is 3.26. The lowest BCUT2D eigenvalue weighted by Crippen LogP contribution is -2.28. The first-order chi connectivity index (χ1) is 13.5. The van der Waals surface area contributed by atoms with Gasteiger partial charge in [-0.1, -0.05) is 41.9 Å². The fourth-order valence-corrected chi connectivity index (χ4v) is 3.53. The second-order valence-corrected chi connectivity index (χ2v) is 7.33. The number of hydrogen-bond donors (Lipinski definition) is 1. The third kappa shape index (κ3) is 4.70. The van der Waals surface area contributed by atoms with Crippen LogP contribution < -0.4 is 0 Å². The number of aryl methyl sites for hydroxylation is 1. The number of amides is 1. The van der Waals surface area contributed by atoms with E-state index in [4.69, 9.17) is 11.6 Å². The van der Waals surface area contributed by atoms with Gasteiger partial charge in [-0.25, -0.2) is 0 Å². The quantitative estimate of drug-likeness (QED) is 0.644. The number of aromatic hydroxyl groups is 1. The predicted octanol–water partition coefficient (Wildman–Crippen LogP) is 4.93. The molecule has 1 N–H and O–H groups in total. The van der Waals surface area contributed by atoms with E-state index >= 15 is 0 Å². The summed E-state index contributed by atoms with van der Waals surface area (Å²) in [5.74, 6) is -0.0680. The minimum absolute atomic E-state index is 0.00414. The van der Waals surface area contributed by atoms with Crippen LogP contribution >= 0.6 is 11.6 Å². The molecule has 3 aromatic rings. The van der Waals surface area contributed by atoms with Crippen molar-refractivity contribution in [2.45, 2.75) is 25.8 Å². The fraction of sp³-hybridized carbons (Fsp3) is 0.217. The highest BCUT2D eigenvalue weighted by atomic mass is 35.5. The molecule has 1 heterocycles. The molecule has 0 radical (unpaired) electrons. The van der Waals surface area contributed by atoms with Crippen LogP contribution in [0.2, 0.25) is 5.02 Å². The molecule has 0 saturated carbocycles. The Morgan fingerprint density at radius 3 is 2.68 bits per heavy atom. The minimum Gasteiger partial charge on any atom is -0.508 e. The highest BCUT2D eigenvalue weighted by Gasteiger charge is 2.23. The van der Waals surface area contributed by atoms with Crippen molar-refractivity contribution in [3.05, 3.63) is 94.3 Å². The molecule has 2 aromatic carbocycles. The Balaban J connectivity index is 1.86. The van der Waals surface area contributed by atoms with Crippen molar-refractivity contribution < 1.29 is 9.90 Å². The first-order valence-corrected chi connectivity index (χ1v) is 9.50. The monoisotopic (exact) mass is 394 g/mol. The van der Waals surface area contributed by atoms with Crippen molar-refractivity contribution >= 4 is 17.5 Å². The summed E-state index contributed by atoms with van der Waals surface area (Å²) in [6.07, 6.45) is 3.79. The van der Waals surface area contributed by atoms with Crippen LogP contribution in [0.3, 0.4) is 0 Å². The van der Waals surface area contributed by atoms with Gasteiger partial charge in [-0.3, -0.25) is 9.78 Å². The molecular formula is C23H23ClN2O2. The molecule has 0 saturated heterocycles. The molecule has 0 aliphatic heterocycles. The van der Waals surface area contributed by atoms with Gasteiger partial charge in [0, 0.05) is 43.3 Å². The van der Waals surface area contributed by atoms with Crippen molar-refractivity contribution in [1.82, 2.24) is 9.88 Å². The van der Waals surface area contributed by atoms with Gasteiger partial charge in [0.05, 0.1) is 0 Å². The van der Waals surface area contributed by atoms with Gasteiger partial charge in [0.1, 0.15) is 5.75 Å². The van der Waals surface area contributed by atoms with Gasteiger partial charge < -0.3 is 10.0 Å². The number of rotatable bonds is 6. The summed E-state index contributed by atoms with van der Waals surface area (Å²) in [4.78, 5) is 18.8. The molecule has 0 aliphatic carbocycles. The zero-order chi connectivity index (χ0) is 20.1. The third-order valence-electron chi connectivity index (χ3n) is 4.90. The maximum Gasteiger partial charge on any atom is 0.223 e. The standard InChI is InChI=1S/C23H23ClN2O2/c1-16-14-25-11-10-18(16)15-26(2)23(28)13-21(17-6-5-7-19(27)12-17)20-8-3-4-9-22(20)24/h3-12,14,21,27H,13,15H2,1-2H3. The van der Waals surface area contributed by atoms with Crippen LogP contribution in [0, 0.1) is 6.92 Å². The van der Waals surface area contributed by atoms with Gasteiger partial charge in [0.15, 0.2) is 0 Å². The summed E-state index contributed by atoms with van der Waals surface area (Å²) in [5.41, 5.74) is 3.85. The Morgan fingerprint density at radius 2 is 1.96 bits per heavy atom. The number of phenols is 1. The Hall–Kier alpha value is -2.85. The summed E-state index contributed by atoms with van der Waals surface area (Å²) in [5, 5.41) is 10.5. The molecule has 4 nitrogen and oxygen atoms in total. The highest BCUT2D eigenvalue weighted by molar-refractivity contribution is 6.31. The van der Waals surface area contributed by atoms with E-state index in [1.54, 1.807) is 42.5 Å². The van der Waals surface area contributed by atoms with Crippen LogP contribution in [0.15, 0.2) is 67.0 Å². The molecular weight excluding hydrogens is 372 g/mol. The molecule has 28 heavy (non-hydrogen) atoms. The van der Waals surface area contributed by atoms with Crippen molar-refractivity contribution in [2.24, 2.45) is 0 Å². The second-order valence-electron chi connectivity index (χ2n) is 6.93. The number of halogens is 1. The average molecular weight is 395 g/mol. The van der Waals surface area contributed by atoms with Crippen LogP contribution in [0.1, 0.15) is 34.6 Å². The molecule has 1 amide bonds. The van der Waals surface area contributed by atoms with Gasteiger partial charge in [-0.15, -0.1) is 0 Å². The number of nitrogens with zero attached hydrogens (tertiary/aromatic N) is 2. The van der Waals surface area contributed by atoms with Crippen molar-refractivity contribution in [3.63, 3.8) is 0 Å². The Bertz CT molecular complexity index is 974. The van der Waals surface area contributed by atoms with Crippen LogP contribution in [0.4, 0.5) is 0 Å². The zero-order valence-corrected chi connectivity index (χ0v) is 16.7. The van der Waals surface area contributed by atoms with E-state index in [2.05, 4.69) is 4.98 Å². The molecule has 3 rings (SSSR count). The summed E-state index contributed by atoms with van der Waals surface area (Å²) in [6, 6.07) is 16.5. The van der Waals surface area contributed by atoms with Crippen molar-refractivity contribution in [3.8, 4) is 5.75 Å². The topological polar surface area (TPSA) is 53.4 Å². The Morgan fingerprint density at radius 1 is 1.18 bits per heavy atom. The molecule has 5 heteroatoms. The number of benzene rings is 2. The summed E-state index contributed by atoms with van der Waals surface area (Å²) in [7, 11) is 1.80. The molecule has 1 atom stereocenters. The van der Waals surface area contributed by atoms with E-state index in [-0.39, 0.29) is 24.0 Å². The van der Waals surface area contributed by atoms with Gasteiger partial charge in [-0.05, 0) is 53.4 Å². The van der Waals surface area contributed by atoms with Gasteiger partial charge >= 0.3 is 0 Å². The number of hydrogen-bond acceptors (Lipinski definition) is 3. The minimum atomic E-state index is -0.241. The van der Waals surface area contributed by atoms with E-state index in [9.17, 15) is 9.90 Å². The van der Waals surface area contributed by atoms with Gasteiger partial charge in [0.2, 0.25) is 5.91 Å². The summed E-state index contributed by atoms with van der Waals surface area (Å²) < 4.78 is 0. The number of carbonyl (C=O) groups is 1. The van der Waals surface area contributed by atoms with E-state index in [0.29, 0.717) is 11.6 Å². The van der Waals surface area contributed by atoms with Crippen LogP contribution in [-0.4, -0.2) is 27.9 Å². The van der Waals surface area contributed by atoms with Gasteiger partial charge in [0.25, 0.3) is 0 Å². The molecule has 1 unspecified atom stereocenters. The van der Waals surface area contributed by atoms with Gasteiger partial charge in [-0.2, -0.15) is 0 Å². The molecule has 0 fully saturated rings. The Labute approximate surface area is 170 Å². The number of pyridine rings is 1.